The fraction of sp³-hybridized carbons (Fsp3) is 0.750. The molecule has 0 aromatic carbocycles. The van der Waals surface area contributed by atoms with Gasteiger partial charge >= 0.3 is 11.8 Å². The summed E-state index contributed by atoms with van der Waals surface area (Å²) in [6.07, 6.45) is 0.878. The average Bonchev–Trinajstić information content (AvgIpc) is 2.48. The van der Waals surface area contributed by atoms with E-state index in [4.69, 9.17) is 11.5 Å². The Labute approximate surface area is 118 Å². The van der Waals surface area contributed by atoms with Gasteiger partial charge in [-0.3, -0.25) is 24.2 Å². The molecule has 8 nitrogen and oxygen atoms in total. The van der Waals surface area contributed by atoms with Crippen molar-refractivity contribution in [2.45, 2.75) is 6.42 Å². The van der Waals surface area contributed by atoms with E-state index < -0.39 is 11.8 Å². The summed E-state index contributed by atoms with van der Waals surface area (Å²) in [6, 6.07) is 0. The molecule has 0 atom stereocenters. The lowest BCUT2D eigenvalue weighted by molar-refractivity contribution is -0.154. The molecule has 0 aliphatic carbocycles. The monoisotopic (exact) mass is 285 g/mol. The van der Waals surface area contributed by atoms with Crippen LogP contribution in [0.2, 0.25) is 0 Å². The number of carbonyl (C=O) groups excluding carboxylic acids is 3. The number of rotatable bonds is 6. The number of imide groups is 1. The van der Waals surface area contributed by atoms with E-state index in [1.165, 1.54) is 4.90 Å². The van der Waals surface area contributed by atoms with Gasteiger partial charge in [0.1, 0.15) is 0 Å². The maximum absolute atomic E-state index is 12.0. The van der Waals surface area contributed by atoms with Crippen LogP contribution in [-0.2, 0) is 14.4 Å². The lowest BCUT2D eigenvalue weighted by Gasteiger charge is -2.34. The Morgan fingerprint density at radius 3 is 2.25 bits per heavy atom. The first-order valence-corrected chi connectivity index (χ1v) is 6.81. The third kappa shape index (κ3) is 4.55. The highest BCUT2D eigenvalue weighted by molar-refractivity contribution is 6.36. The summed E-state index contributed by atoms with van der Waals surface area (Å²) in [6.45, 7) is 4.25. The van der Waals surface area contributed by atoms with Gasteiger partial charge in [-0.05, 0) is 13.0 Å². The third-order valence-electron chi connectivity index (χ3n) is 3.28. The Kier molecular flexibility index (Phi) is 7.13. The van der Waals surface area contributed by atoms with Gasteiger partial charge in [-0.1, -0.05) is 0 Å². The molecule has 0 bridgehead atoms. The quantitative estimate of drug-likeness (QED) is 0.409. The molecule has 3 amide bonds. The van der Waals surface area contributed by atoms with Crippen LogP contribution in [0, 0.1) is 0 Å². The predicted molar refractivity (Wildman–Crippen MR) is 73.5 cm³/mol. The van der Waals surface area contributed by atoms with Crippen LogP contribution >= 0.6 is 0 Å². The maximum atomic E-state index is 12.0. The number of hydrogen-bond acceptors (Lipinski definition) is 6. The zero-order valence-corrected chi connectivity index (χ0v) is 11.7. The molecule has 1 rings (SSSR count). The van der Waals surface area contributed by atoms with E-state index in [9.17, 15) is 14.4 Å². The van der Waals surface area contributed by atoms with Gasteiger partial charge in [0.25, 0.3) is 0 Å². The van der Waals surface area contributed by atoms with Crippen molar-refractivity contribution < 1.29 is 14.4 Å². The fourth-order valence-electron chi connectivity index (χ4n) is 2.08. The SMILES string of the molecule is NCCCN(C=O)C(=O)C(=O)N1CCN(CCN)CC1. The largest absolute Gasteiger partial charge is 0.332 e. The van der Waals surface area contributed by atoms with Gasteiger partial charge in [-0.25, -0.2) is 0 Å². The summed E-state index contributed by atoms with van der Waals surface area (Å²) in [5.41, 5.74) is 10.8. The zero-order chi connectivity index (χ0) is 15.0. The summed E-state index contributed by atoms with van der Waals surface area (Å²) >= 11 is 0. The highest BCUT2D eigenvalue weighted by atomic mass is 16.2. The number of piperazine rings is 1. The van der Waals surface area contributed by atoms with Crippen LogP contribution in [0.15, 0.2) is 0 Å². The van der Waals surface area contributed by atoms with E-state index in [0.29, 0.717) is 52.1 Å². The minimum Gasteiger partial charge on any atom is -0.332 e. The maximum Gasteiger partial charge on any atom is 0.318 e. The third-order valence-corrected chi connectivity index (χ3v) is 3.28. The van der Waals surface area contributed by atoms with Crippen LogP contribution in [0.3, 0.4) is 0 Å². The first kappa shape index (κ1) is 16.5. The van der Waals surface area contributed by atoms with Gasteiger partial charge in [0, 0.05) is 45.8 Å². The number of amides is 3. The van der Waals surface area contributed by atoms with Crippen LogP contribution in [0.25, 0.3) is 0 Å². The molecule has 4 N–H and O–H groups in total. The summed E-state index contributed by atoms with van der Waals surface area (Å²) in [5.74, 6) is -1.40. The van der Waals surface area contributed by atoms with Gasteiger partial charge in [0.2, 0.25) is 6.41 Å². The summed E-state index contributed by atoms with van der Waals surface area (Å²) in [7, 11) is 0. The summed E-state index contributed by atoms with van der Waals surface area (Å²) < 4.78 is 0. The van der Waals surface area contributed by atoms with Crippen LogP contribution in [-0.4, -0.2) is 85.3 Å². The van der Waals surface area contributed by atoms with Gasteiger partial charge in [-0.15, -0.1) is 0 Å². The molecule has 1 saturated heterocycles. The highest BCUT2D eigenvalue weighted by Gasteiger charge is 2.29. The van der Waals surface area contributed by atoms with Crippen molar-refractivity contribution in [3.63, 3.8) is 0 Å². The highest BCUT2D eigenvalue weighted by Crippen LogP contribution is 2.03. The molecule has 0 unspecified atom stereocenters. The molecule has 1 heterocycles. The van der Waals surface area contributed by atoms with E-state index in [2.05, 4.69) is 4.90 Å². The van der Waals surface area contributed by atoms with Gasteiger partial charge in [0.05, 0.1) is 0 Å². The van der Waals surface area contributed by atoms with E-state index in [-0.39, 0.29) is 6.54 Å². The van der Waals surface area contributed by atoms with Crippen LogP contribution in [0.1, 0.15) is 6.42 Å². The Hall–Kier alpha value is -1.51. The molecule has 114 valence electrons. The first-order valence-electron chi connectivity index (χ1n) is 6.81. The molecule has 0 spiro atoms. The topological polar surface area (TPSA) is 113 Å². The Bertz CT molecular complexity index is 342. The minimum absolute atomic E-state index is 0.178. The number of nitrogens with two attached hydrogens (primary N) is 2. The van der Waals surface area contributed by atoms with E-state index >= 15 is 0 Å². The van der Waals surface area contributed by atoms with Gasteiger partial charge in [0.15, 0.2) is 0 Å². The van der Waals surface area contributed by atoms with E-state index in [0.717, 1.165) is 11.4 Å². The van der Waals surface area contributed by atoms with Crippen molar-refractivity contribution in [1.82, 2.24) is 14.7 Å². The second-order valence-electron chi connectivity index (χ2n) is 4.67. The van der Waals surface area contributed by atoms with E-state index in [1.807, 2.05) is 0 Å². The van der Waals surface area contributed by atoms with Crippen molar-refractivity contribution >= 4 is 18.2 Å². The lowest BCUT2D eigenvalue weighted by Crippen LogP contribution is -2.53. The van der Waals surface area contributed by atoms with Crippen molar-refractivity contribution in [3.05, 3.63) is 0 Å². The molecular weight excluding hydrogens is 262 g/mol. The molecule has 0 saturated carbocycles. The minimum atomic E-state index is -0.777. The van der Waals surface area contributed by atoms with Crippen LogP contribution in [0.5, 0.6) is 0 Å². The first-order chi connectivity index (χ1) is 9.63. The molecule has 0 radical (unpaired) electrons. The molecule has 1 aliphatic heterocycles. The molecule has 20 heavy (non-hydrogen) atoms. The van der Waals surface area contributed by atoms with Gasteiger partial charge in [-0.2, -0.15) is 0 Å². The number of nitrogens with zero attached hydrogens (tertiary/aromatic N) is 3. The molecule has 1 aliphatic rings. The smallest absolute Gasteiger partial charge is 0.318 e. The van der Waals surface area contributed by atoms with Crippen molar-refractivity contribution in [2.24, 2.45) is 11.5 Å². The Morgan fingerprint density at radius 2 is 1.75 bits per heavy atom. The Morgan fingerprint density at radius 1 is 1.10 bits per heavy atom. The summed E-state index contributed by atoms with van der Waals surface area (Å²) in [4.78, 5) is 39.3. The number of carbonyl (C=O) groups is 3. The average molecular weight is 285 g/mol. The molecular formula is C12H23N5O3. The second-order valence-corrected chi connectivity index (χ2v) is 4.67. The van der Waals surface area contributed by atoms with Crippen molar-refractivity contribution in [2.75, 3.05) is 52.4 Å². The predicted octanol–water partition coefficient (Wildman–Crippen LogP) is -2.58. The fourth-order valence-corrected chi connectivity index (χ4v) is 2.08. The zero-order valence-electron chi connectivity index (χ0n) is 11.7. The molecule has 0 aromatic heterocycles. The van der Waals surface area contributed by atoms with E-state index in [1.54, 1.807) is 0 Å². The number of hydrogen-bond donors (Lipinski definition) is 2. The molecule has 1 fully saturated rings. The van der Waals surface area contributed by atoms with Crippen LogP contribution < -0.4 is 11.5 Å². The van der Waals surface area contributed by atoms with Crippen LogP contribution in [0.4, 0.5) is 0 Å². The standard InChI is InChI=1S/C12H23N5O3/c13-2-1-4-17(10-18)12(20)11(19)16-8-6-15(5-3-14)7-9-16/h10H,1-9,13-14H2. The lowest BCUT2D eigenvalue weighted by atomic mass is 10.3. The molecule has 0 aromatic rings. The van der Waals surface area contributed by atoms with Gasteiger partial charge < -0.3 is 16.4 Å². The van der Waals surface area contributed by atoms with Crippen molar-refractivity contribution in [1.29, 1.82) is 0 Å². The normalized spacial score (nSPS) is 16.0. The Balaban J connectivity index is 2.48. The summed E-state index contributed by atoms with van der Waals surface area (Å²) in [5, 5.41) is 0. The second kappa shape index (κ2) is 8.62. The van der Waals surface area contributed by atoms with Crippen molar-refractivity contribution in [3.8, 4) is 0 Å². The molecule has 8 heteroatoms.